The van der Waals surface area contributed by atoms with Crippen LogP contribution < -0.4 is 10.1 Å². The van der Waals surface area contributed by atoms with Crippen molar-refractivity contribution in [2.45, 2.75) is 20.1 Å². The van der Waals surface area contributed by atoms with E-state index in [-0.39, 0.29) is 13.2 Å². The summed E-state index contributed by atoms with van der Waals surface area (Å²) in [5, 5.41) is 8.10. The fourth-order valence-corrected chi connectivity index (χ4v) is 3.76. The molecule has 0 aliphatic rings. The van der Waals surface area contributed by atoms with Crippen LogP contribution >= 0.6 is 11.6 Å². The summed E-state index contributed by atoms with van der Waals surface area (Å²) in [6, 6.07) is 9.73. The Morgan fingerprint density at radius 2 is 2.12 bits per heavy atom. The van der Waals surface area contributed by atoms with Crippen molar-refractivity contribution < 1.29 is 13.9 Å². The van der Waals surface area contributed by atoms with Crippen LogP contribution in [-0.4, -0.2) is 32.3 Å². The molecule has 3 aromatic heterocycles. The topological polar surface area (TPSA) is 81.9 Å². The van der Waals surface area contributed by atoms with Gasteiger partial charge in [0.1, 0.15) is 17.9 Å². The smallest absolute Gasteiger partial charge is 0.251 e. The Labute approximate surface area is 189 Å². The van der Waals surface area contributed by atoms with E-state index in [1.54, 1.807) is 12.4 Å². The number of ether oxygens (including phenoxy) is 1. The van der Waals surface area contributed by atoms with E-state index in [1.165, 1.54) is 6.20 Å². The third-order valence-electron chi connectivity index (χ3n) is 5.09. The summed E-state index contributed by atoms with van der Waals surface area (Å²) in [7, 11) is 1.89. The highest BCUT2D eigenvalue weighted by Crippen LogP contribution is 2.33. The van der Waals surface area contributed by atoms with Gasteiger partial charge in [0.25, 0.3) is 5.91 Å². The molecule has 32 heavy (non-hydrogen) atoms. The summed E-state index contributed by atoms with van der Waals surface area (Å²) >= 11 is 6.34. The van der Waals surface area contributed by atoms with Crippen molar-refractivity contribution in [3.8, 4) is 17.0 Å². The predicted octanol–water partition coefficient (Wildman–Crippen LogP) is 4.16. The molecular weight excluding hydrogens is 433 g/mol. The van der Waals surface area contributed by atoms with Crippen molar-refractivity contribution in [1.29, 1.82) is 0 Å². The average molecular weight is 454 g/mol. The number of amides is 1. The van der Waals surface area contributed by atoms with Crippen molar-refractivity contribution in [3.05, 3.63) is 70.8 Å². The maximum Gasteiger partial charge on any atom is 0.251 e. The van der Waals surface area contributed by atoms with Gasteiger partial charge in [-0.25, -0.2) is 9.37 Å². The summed E-state index contributed by atoms with van der Waals surface area (Å²) in [6.45, 7) is 1.09. The zero-order valence-corrected chi connectivity index (χ0v) is 18.4. The van der Waals surface area contributed by atoms with Gasteiger partial charge in [0.15, 0.2) is 6.67 Å². The molecule has 0 fully saturated rings. The number of carbonyl (C=O) groups is 1. The lowest BCUT2D eigenvalue weighted by atomic mass is 10.0. The minimum atomic E-state index is -1.08. The number of fused-ring (bicyclic) bond motifs is 1. The molecule has 1 N–H and O–H groups in total. The molecule has 0 radical (unpaired) electrons. The van der Waals surface area contributed by atoms with Gasteiger partial charge in [0, 0.05) is 54.4 Å². The lowest BCUT2D eigenvalue weighted by molar-refractivity contribution is -0.122. The summed E-state index contributed by atoms with van der Waals surface area (Å²) in [6.07, 6.45) is 4.84. The molecular formula is C23H21ClFN5O2. The highest BCUT2D eigenvalue weighted by molar-refractivity contribution is 6.31. The van der Waals surface area contributed by atoms with E-state index in [4.69, 9.17) is 21.3 Å². The lowest BCUT2D eigenvalue weighted by Crippen LogP contribution is -2.25. The second kappa shape index (κ2) is 9.32. The molecule has 1 aromatic carbocycles. The normalized spacial score (nSPS) is 11.0. The van der Waals surface area contributed by atoms with Crippen molar-refractivity contribution in [2.75, 3.05) is 6.67 Å². The molecule has 1 amide bonds. The number of para-hydroxylation sites is 1. The van der Waals surface area contributed by atoms with E-state index in [0.717, 1.165) is 27.9 Å². The minimum absolute atomic E-state index is 0.104. The fraction of sp³-hybridized carbons (Fsp3) is 0.217. The number of hydrogen-bond donors (Lipinski definition) is 1. The van der Waals surface area contributed by atoms with Crippen LogP contribution in [0, 0.1) is 6.92 Å². The summed E-state index contributed by atoms with van der Waals surface area (Å²) < 4.78 is 20.4. The van der Waals surface area contributed by atoms with Crippen LogP contribution in [0.4, 0.5) is 4.39 Å². The average Bonchev–Trinajstić information content (AvgIpc) is 3.22. The number of nitrogens with one attached hydrogen (secondary N) is 1. The Hall–Kier alpha value is -3.52. The summed E-state index contributed by atoms with van der Waals surface area (Å²) in [5.41, 5.74) is 4.87. The second-order valence-corrected chi connectivity index (χ2v) is 7.67. The zero-order chi connectivity index (χ0) is 22.7. The van der Waals surface area contributed by atoms with E-state index in [1.807, 2.05) is 49.0 Å². The first-order valence-corrected chi connectivity index (χ1v) is 10.3. The van der Waals surface area contributed by atoms with E-state index < -0.39 is 12.6 Å². The highest BCUT2D eigenvalue weighted by atomic mass is 35.5. The molecule has 0 spiro atoms. The van der Waals surface area contributed by atoms with Gasteiger partial charge in [-0.2, -0.15) is 5.10 Å². The molecule has 0 saturated heterocycles. The van der Waals surface area contributed by atoms with Crippen LogP contribution in [0.25, 0.3) is 22.2 Å². The highest BCUT2D eigenvalue weighted by Gasteiger charge is 2.15. The second-order valence-electron chi connectivity index (χ2n) is 7.26. The van der Waals surface area contributed by atoms with Crippen LogP contribution in [0.3, 0.4) is 0 Å². The van der Waals surface area contributed by atoms with Gasteiger partial charge in [0.05, 0.1) is 10.7 Å². The molecule has 0 aliphatic carbocycles. The number of aromatic nitrogens is 4. The Kier molecular flexibility index (Phi) is 6.32. The number of pyridine rings is 2. The third-order valence-corrected chi connectivity index (χ3v) is 5.42. The van der Waals surface area contributed by atoms with E-state index in [0.29, 0.717) is 21.9 Å². The number of hydrogen-bond acceptors (Lipinski definition) is 5. The monoisotopic (exact) mass is 453 g/mol. The molecule has 0 unspecified atom stereocenters. The summed E-state index contributed by atoms with van der Waals surface area (Å²) in [4.78, 5) is 20.1. The number of nitrogens with zero attached hydrogens (tertiary/aromatic N) is 4. The van der Waals surface area contributed by atoms with Crippen LogP contribution in [0.1, 0.15) is 16.8 Å². The van der Waals surface area contributed by atoms with Gasteiger partial charge in [-0.1, -0.05) is 23.7 Å². The number of halogens is 2. The predicted molar refractivity (Wildman–Crippen MR) is 120 cm³/mol. The van der Waals surface area contributed by atoms with E-state index in [2.05, 4.69) is 15.4 Å². The SMILES string of the molecule is Cc1cc(-c2ccnn2C)c2cccc(OCc3c(Cl)cncc3CNC(=O)CF)c2n1. The van der Waals surface area contributed by atoms with Gasteiger partial charge >= 0.3 is 0 Å². The van der Waals surface area contributed by atoms with Gasteiger partial charge in [0.2, 0.25) is 0 Å². The molecule has 3 heterocycles. The number of aryl methyl sites for hydroxylation is 2. The molecule has 0 atom stereocenters. The maximum atomic E-state index is 12.5. The molecule has 0 saturated carbocycles. The Morgan fingerprint density at radius 3 is 2.88 bits per heavy atom. The molecule has 0 bridgehead atoms. The molecule has 4 aromatic rings. The van der Waals surface area contributed by atoms with Crippen LogP contribution in [0.2, 0.25) is 5.02 Å². The Balaban J connectivity index is 1.68. The number of rotatable bonds is 7. The van der Waals surface area contributed by atoms with E-state index >= 15 is 0 Å². The Morgan fingerprint density at radius 1 is 1.28 bits per heavy atom. The minimum Gasteiger partial charge on any atom is -0.487 e. The van der Waals surface area contributed by atoms with E-state index in [9.17, 15) is 9.18 Å². The standard InChI is InChI=1S/C23H21ClFN5O2/c1-14-8-17(20-6-7-28-30(20)2)16-4-3-5-21(23(16)29-14)32-13-18-15(10-26-12-19(18)24)11-27-22(31)9-25/h3-8,10,12H,9,11,13H2,1-2H3,(H,27,31). The molecule has 4 rings (SSSR count). The van der Waals surface area contributed by atoms with Crippen LogP contribution in [-0.2, 0) is 25.0 Å². The van der Waals surface area contributed by atoms with Gasteiger partial charge in [-0.05, 0) is 30.7 Å². The van der Waals surface area contributed by atoms with Gasteiger partial charge in [-0.15, -0.1) is 0 Å². The van der Waals surface area contributed by atoms with Crippen LogP contribution in [0.5, 0.6) is 5.75 Å². The first-order chi connectivity index (χ1) is 15.5. The Bertz CT molecular complexity index is 1290. The fourth-order valence-electron chi connectivity index (χ4n) is 3.52. The largest absolute Gasteiger partial charge is 0.487 e. The van der Waals surface area contributed by atoms with Crippen molar-refractivity contribution in [3.63, 3.8) is 0 Å². The first-order valence-electron chi connectivity index (χ1n) is 9.93. The van der Waals surface area contributed by atoms with Crippen LogP contribution in [0.15, 0.2) is 48.9 Å². The van der Waals surface area contributed by atoms with Crippen molar-refractivity contribution >= 4 is 28.4 Å². The van der Waals surface area contributed by atoms with Crippen molar-refractivity contribution in [1.82, 2.24) is 25.1 Å². The lowest BCUT2D eigenvalue weighted by Gasteiger charge is -2.15. The zero-order valence-electron chi connectivity index (χ0n) is 17.6. The maximum absolute atomic E-state index is 12.5. The van der Waals surface area contributed by atoms with Gasteiger partial charge in [-0.3, -0.25) is 14.5 Å². The number of benzene rings is 1. The van der Waals surface area contributed by atoms with Gasteiger partial charge < -0.3 is 10.1 Å². The summed E-state index contributed by atoms with van der Waals surface area (Å²) in [5.74, 6) is -0.102. The number of alkyl halides is 1. The first kappa shape index (κ1) is 21.7. The molecule has 0 aliphatic heterocycles. The molecule has 164 valence electrons. The molecule has 7 nitrogen and oxygen atoms in total. The number of carbonyl (C=O) groups excluding carboxylic acids is 1. The molecule has 9 heteroatoms. The van der Waals surface area contributed by atoms with Crippen molar-refractivity contribution in [2.24, 2.45) is 7.05 Å². The third kappa shape index (κ3) is 4.40. The quantitative estimate of drug-likeness (QED) is 0.454.